The van der Waals surface area contributed by atoms with Gasteiger partial charge in [-0.2, -0.15) is 13.2 Å². The Labute approximate surface area is 103 Å². The molecule has 0 aliphatic heterocycles. The average Bonchev–Trinajstić information content (AvgIpc) is 2.07. The van der Waals surface area contributed by atoms with Crippen molar-refractivity contribution in [3.63, 3.8) is 0 Å². The predicted molar refractivity (Wildman–Crippen MR) is 65.9 cm³/mol. The SMILES string of the molecule is CC(C)[C@H](NCC[C@H](C)C(C)(C)C)C(F)(F)F. The van der Waals surface area contributed by atoms with Crippen LogP contribution in [0.15, 0.2) is 0 Å². The number of hydrogen-bond donors (Lipinski definition) is 1. The van der Waals surface area contributed by atoms with E-state index < -0.39 is 18.1 Å². The lowest BCUT2D eigenvalue weighted by Gasteiger charge is -2.29. The zero-order chi connectivity index (χ0) is 13.9. The normalized spacial score (nSPS) is 17.3. The van der Waals surface area contributed by atoms with Crippen LogP contribution in [0.2, 0.25) is 0 Å². The maximum atomic E-state index is 12.7. The second kappa shape index (κ2) is 6.07. The summed E-state index contributed by atoms with van der Waals surface area (Å²) in [6.45, 7) is 12.0. The first-order valence-electron chi connectivity index (χ1n) is 6.26. The first-order valence-corrected chi connectivity index (χ1v) is 6.26. The van der Waals surface area contributed by atoms with E-state index in [2.05, 4.69) is 33.0 Å². The van der Waals surface area contributed by atoms with Gasteiger partial charge in [0.05, 0.1) is 0 Å². The van der Waals surface area contributed by atoms with E-state index in [1.54, 1.807) is 13.8 Å². The van der Waals surface area contributed by atoms with Gasteiger partial charge in [-0.1, -0.05) is 41.5 Å². The molecule has 0 unspecified atom stereocenters. The number of nitrogens with one attached hydrogen (secondary N) is 1. The molecule has 0 radical (unpaired) electrons. The maximum Gasteiger partial charge on any atom is 0.404 e. The molecule has 4 heteroatoms. The number of rotatable bonds is 5. The van der Waals surface area contributed by atoms with E-state index in [4.69, 9.17) is 0 Å². The van der Waals surface area contributed by atoms with E-state index in [1.807, 2.05) is 0 Å². The summed E-state index contributed by atoms with van der Waals surface area (Å²) in [6, 6.07) is -1.39. The number of hydrogen-bond acceptors (Lipinski definition) is 1. The van der Waals surface area contributed by atoms with Crippen LogP contribution in [-0.4, -0.2) is 18.8 Å². The van der Waals surface area contributed by atoms with Gasteiger partial charge in [0.2, 0.25) is 0 Å². The third kappa shape index (κ3) is 6.29. The van der Waals surface area contributed by atoms with Gasteiger partial charge in [-0.25, -0.2) is 0 Å². The molecule has 104 valence electrons. The van der Waals surface area contributed by atoms with Crippen molar-refractivity contribution in [3.8, 4) is 0 Å². The van der Waals surface area contributed by atoms with Crippen molar-refractivity contribution in [2.45, 2.75) is 60.2 Å². The fraction of sp³-hybridized carbons (Fsp3) is 1.00. The lowest BCUT2D eigenvalue weighted by atomic mass is 9.80. The van der Waals surface area contributed by atoms with Crippen molar-refractivity contribution in [3.05, 3.63) is 0 Å². The molecule has 0 saturated heterocycles. The van der Waals surface area contributed by atoms with E-state index in [1.165, 1.54) is 0 Å². The van der Waals surface area contributed by atoms with Crippen molar-refractivity contribution in [1.29, 1.82) is 0 Å². The van der Waals surface area contributed by atoms with Crippen LogP contribution in [0.4, 0.5) is 13.2 Å². The molecule has 0 heterocycles. The zero-order valence-corrected chi connectivity index (χ0v) is 11.8. The first-order chi connectivity index (χ1) is 7.46. The molecule has 0 aliphatic carbocycles. The fourth-order valence-electron chi connectivity index (χ4n) is 1.62. The van der Waals surface area contributed by atoms with Crippen LogP contribution >= 0.6 is 0 Å². The summed E-state index contributed by atoms with van der Waals surface area (Å²) in [5.41, 5.74) is 0.146. The molecular formula is C13H26F3N. The van der Waals surface area contributed by atoms with E-state index in [-0.39, 0.29) is 5.41 Å². The Bertz CT molecular complexity index is 216. The summed E-state index contributed by atoms with van der Waals surface area (Å²) in [5.74, 6) is -0.0315. The summed E-state index contributed by atoms with van der Waals surface area (Å²) in [7, 11) is 0. The van der Waals surface area contributed by atoms with Crippen LogP contribution in [-0.2, 0) is 0 Å². The van der Waals surface area contributed by atoms with Gasteiger partial charge in [-0.05, 0) is 30.2 Å². The molecule has 1 N–H and O–H groups in total. The highest BCUT2D eigenvalue weighted by molar-refractivity contribution is 4.79. The van der Waals surface area contributed by atoms with Crippen molar-refractivity contribution in [1.82, 2.24) is 5.32 Å². The first kappa shape index (κ1) is 16.8. The van der Waals surface area contributed by atoms with Gasteiger partial charge < -0.3 is 5.32 Å². The van der Waals surface area contributed by atoms with Crippen LogP contribution in [0.3, 0.4) is 0 Å². The highest BCUT2D eigenvalue weighted by Gasteiger charge is 2.41. The summed E-state index contributed by atoms with van der Waals surface area (Å²) >= 11 is 0. The molecule has 0 aliphatic rings. The monoisotopic (exact) mass is 253 g/mol. The molecule has 0 bridgehead atoms. The molecule has 0 spiro atoms. The van der Waals surface area contributed by atoms with Gasteiger partial charge in [-0.15, -0.1) is 0 Å². The highest BCUT2D eigenvalue weighted by atomic mass is 19.4. The standard InChI is InChI=1S/C13H26F3N/c1-9(2)11(13(14,15)16)17-8-7-10(3)12(4,5)6/h9-11,17H,7-8H2,1-6H3/t10-,11-/m0/s1. The molecule has 0 aromatic carbocycles. The Morgan fingerprint density at radius 1 is 1.00 bits per heavy atom. The molecule has 0 fully saturated rings. The third-order valence-corrected chi connectivity index (χ3v) is 3.44. The Balaban J connectivity index is 4.18. The zero-order valence-electron chi connectivity index (χ0n) is 11.8. The van der Waals surface area contributed by atoms with Crippen molar-refractivity contribution in [2.24, 2.45) is 17.3 Å². The van der Waals surface area contributed by atoms with E-state index in [9.17, 15) is 13.2 Å². The Kier molecular flexibility index (Phi) is 5.99. The Morgan fingerprint density at radius 2 is 1.47 bits per heavy atom. The van der Waals surface area contributed by atoms with Gasteiger partial charge in [0.15, 0.2) is 0 Å². The smallest absolute Gasteiger partial charge is 0.306 e. The van der Waals surface area contributed by atoms with Crippen LogP contribution in [0.5, 0.6) is 0 Å². The fourth-order valence-corrected chi connectivity index (χ4v) is 1.62. The molecular weight excluding hydrogens is 227 g/mol. The summed E-state index contributed by atoms with van der Waals surface area (Å²) in [6.07, 6.45) is -3.39. The molecule has 0 saturated carbocycles. The van der Waals surface area contributed by atoms with Crippen LogP contribution < -0.4 is 5.32 Å². The van der Waals surface area contributed by atoms with Crippen LogP contribution in [0, 0.1) is 17.3 Å². The Hall–Kier alpha value is -0.250. The van der Waals surface area contributed by atoms with E-state index >= 15 is 0 Å². The maximum absolute atomic E-state index is 12.7. The molecule has 1 nitrogen and oxygen atoms in total. The molecule has 17 heavy (non-hydrogen) atoms. The van der Waals surface area contributed by atoms with Gasteiger partial charge in [-0.3, -0.25) is 0 Å². The second-order valence-electron chi connectivity index (χ2n) is 6.27. The molecule has 0 aromatic heterocycles. The largest absolute Gasteiger partial charge is 0.404 e. The quantitative estimate of drug-likeness (QED) is 0.773. The van der Waals surface area contributed by atoms with Gasteiger partial charge in [0, 0.05) is 0 Å². The van der Waals surface area contributed by atoms with Crippen molar-refractivity contribution >= 4 is 0 Å². The third-order valence-electron chi connectivity index (χ3n) is 3.44. The van der Waals surface area contributed by atoms with Crippen molar-refractivity contribution < 1.29 is 13.2 Å². The van der Waals surface area contributed by atoms with E-state index in [0.717, 1.165) is 6.42 Å². The Morgan fingerprint density at radius 3 is 1.76 bits per heavy atom. The number of alkyl halides is 3. The number of halogens is 3. The van der Waals surface area contributed by atoms with Gasteiger partial charge >= 0.3 is 6.18 Å². The minimum atomic E-state index is -4.15. The highest BCUT2D eigenvalue weighted by Crippen LogP contribution is 2.29. The molecule has 2 atom stereocenters. The van der Waals surface area contributed by atoms with E-state index in [0.29, 0.717) is 12.5 Å². The van der Waals surface area contributed by atoms with Gasteiger partial charge in [0.25, 0.3) is 0 Å². The summed E-state index contributed by atoms with van der Waals surface area (Å²) < 4.78 is 38.0. The summed E-state index contributed by atoms with van der Waals surface area (Å²) in [5, 5.41) is 2.64. The van der Waals surface area contributed by atoms with Crippen molar-refractivity contribution in [2.75, 3.05) is 6.54 Å². The molecule has 0 rings (SSSR count). The van der Waals surface area contributed by atoms with Crippen LogP contribution in [0.25, 0.3) is 0 Å². The van der Waals surface area contributed by atoms with Gasteiger partial charge in [0.1, 0.15) is 6.04 Å². The minimum Gasteiger partial charge on any atom is -0.306 e. The average molecular weight is 253 g/mol. The summed E-state index contributed by atoms with van der Waals surface area (Å²) in [4.78, 5) is 0. The lowest BCUT2D eigenvalue weighted by Crippen LogP contribution is -2.46. The van der Waals surface area contributed by atoms with Crippen LogP contribution in [0.1, 0.15) is 48.0 Å². The molecule has 0 aromatic rings. The minimum absolute atomic E-state index is 0.146. The molecule has 0 amide bonds. The topological polar surface area (TPSA) is 12.0 Å². The predicted octanol–water partition coefficient (Wildman–Crippen LogP) is 4.24. The lowest BCUT2D eigenvalue weighted by molar-refractivity contribution is -0.165. The second-order valence-corrected chi connectivity index (χ2v) is 6.27.